The maximum absolute atomic E-state index is 13.0. The number of benzene rings is 2. The molecule has 2 amide bonds. The van der Waals surface area contributed by atoms with Gasteiger partial charge in [0.15, 0.2) is 5.11 Å². The van der Waals surface area contributed by atoms with Gasteiger partial charge in [-0.2, -0.15) is 0 Å². The first-order chi connectivity index (χ1) is 12.3. The summed E-state index contributed by atoms with van der Waals surface area (Å²) in [5.74, 6) is -1.17. The van der Waals surface area contributed by atoms with Gasteiger partial charge < -0.3 is 5.11 Å². The van der Waals surface area contributed by atoms with Gasteiger partial charge in [-0.25, -0.2) is 0 Å². The third-order valence-electron chi connectivity index (χ3n) is 3.99. The van der Waals surface area contributed by atoms with Crippen molar-refractivity contribution in [3.63, 3.8) is 0 Å². The Labute approximate surface area is 160 Å². The molecular weight excluding hydrogens is 372 g/mol. The van der Waals surface area contributed by atoms with E-state index in [0.29, 0.717) is 11.3 Å². The van der Waals surface area contributed by atoms with Gasteiger partial charge >= 0.3 is 0 Å². The fraction of sp³-hybridized carbons (Fsp3) is 0.105. The van der Waals surface area contributed by atoms with Gasteiger partial charge in [0.2, 0.25) is 0 Å². The van der Waals surface area contributed by atoms with Crippen LogP contribution in [0.4, 0.5) is 5.69 Å². The number of amides is 2. The summed E-state index contributed by atoms with van der Waals surface area (Å²) in [7, 11) is 0. The van der Waals surface area contributed by atoms with Crippen LogP contribution in [0.3, 0.4) is 0 Å². The first-order valence-corrected chi connectivity index (χ1v) is 8.54. The Morgan fingerprint density at radius 2 is 1.88 bits per heavy atom. The summed E-state index contributed by atoms with van der Waals surface area (Å²) in [6.45, 7) is 3.78. The molecule has 0 bridgehead atoms. The Morgan fingerprint density at radius 3 is 2.58 bits per heavy atom. The van der Waals surface area contributed by atoms with Crippen molar-refractivity contribution in [3.05, 3.63) is 63.7 Å². The van der Waals surface area contributed by atoms with Gasteiger partial charge in [-0.1, -0.05) is 29.8 Å². The minimum atomic E-state index is -0.578. The van der Waals surface area contributed by atoms with Crippen molar-refractivity contribution in [1.82, 2.24) is 5.32 Å². The zero-order valence-electron chi connectivity index (χ0n) is 14.0. The molecule has 132 valence electrons. The van der Waals surface area contributed by atoms with Gasteiger partial charge in [-0.05, 0) is 67.0 Å². The second-order valence-electron chi connectivity index (χ2n) is 5.96. The van der Waals surface area contributed by atoms with Crippen molar-refractivity contribution in [2.45, 2.75) is 13.8 Å². The second-order valence-corrected chi connectivity index (χ2v) is 6.75. The molecule has 2 aromatic rings. The maximum Gasteiger partial charge on any atom is 0.270 e. The molecule has 0 unspecified atom stereocenters. The fourth-order valence-electron chi connectivity index (χ4n) is 2.62. The molecule has 0 aromatic heterocycles. The number of nitrogens with one attached hydrogen (secondary N) is 1. The number of carbonyl (C=O) groups is 2. The molecule has 1 saturated heterocycles. The van der Waals surface area contributed by atoms with Crippen molar-refractivity contribution < 1.29 is 14.7 Å². The van der Waals surface area contributed by atoms with Crippen molar-refractivity contribution in [2.24, 2.45) is 0 Å². The average molecular weight is 387 g/mol. The minimum Gasteiger partial charge on any atom is -0.506 e. The van der Waals surface area contributed by atoms with Crippen LogP contribution in [0.5, 0.6) is 5.75 Å². The Hall–Kier alpha value is -2.70. The predicted octanol–water partition coefficient (Wildman–Crippen LogP) is 3.49. The molecule has 0 saturated carbocycles. The topological polar surface area (TPSA) is 69.6 Å². The molecule has 1 fully saturated rings. The number of hydrogen-bond donors (Lipinski definition) is 2. The largest absolute Gasteiger partial charge is 0.506 e. The number of carbonyl (C=O) groups excluding carboxylic acids is 2. The Morgan fingerprint density at radius 1 is 1.15 bits per heavy atom. The van der Waals surface area contributed by atoms with Gasteiger partial charge in [0.05, 0.1) is 10.7 Å². The Kier molecular flexibility index (Phi) is 4.80. The van der Waals surface area contributed by atoms with E-state index in [1.165, 1.54) is 23.1 Å². The highest BCUT2D eigenvalue weighted by Gasteiger charge is 2.35. The van der Waals surface area contributed by atoms with Crippen LogP contribution in [0.25, 0.3) is 6.08 Å². The van der Waals surface area contributed by atoms with Crippen molar-refractivity contribution in [1.29, 1.82) is 0 Å². The summed E-state index contributed by atoms with van der Waals surface area (Å²) in [6, 6.07) is 10.1. The Bertz CT molecular complexity index is 985. The van der Waals surface area contributed by atoms with Crippen molar-refractivity contribution in [3.8, 4) is 5.75 Å². The zero-order valence-corrected chi connectivity index (χ0v) is 15.6. The summed E-state index contributed by atoms with van der Waals surface area (Å²) in [6.07, 6.45) is 1.42. The number of phenols is 1. The van der Waals surface area contributed by atoms with E-state index >= 15 is 0 Å². The number of aromatic hydroxyl groups is 1. The number of rotatable bonds is 2. The standard InChI is InChI=1S/C19H15ClN2O3S/c1-10-3-4-11(2)15(7-10)22-18(25)13(17(24)21-19(22)26)8-12-5-6-16(23)14(20)9-12/h3-9,23H,1-2H3,(H,21,24,26)/b13-8+. The van der Waals surface area contributed by atoms with E-state index in [1.54, 1.807) is 6.07 Å². The highest BCUT2D eigenvalue weighted by molar-refractivity contribution is 7.80. The summed E-state index contributed by atoms with van der Waals surface area (Å²) in [5, 5.41) is 12.2. The first kappa shape index (κ1) is 18.1. The molecule has 26 heavy (non-hydrogen) atoms. The molecule has 5 nitrogen and oxygen atoms in total. The van der Waals surface area contributed by atoms with E-state index in [1.807, 2.05) is 32.0 Å². The monoisotopic (exact) mass is 386 g/mol. The lowest BCUT2D eigenvalue weighted by molar-refractivity contribution is -0.122. The number of hydrogen-bond acceptors (Lipinski definition) is 4. The molecule has 0 spiro atoms. The molecule has 1 aliphatic heterocycles. The number of nitrogens with zero attached hydrogens (tertiary/aromatic N) is 1. The lowest BCUT2D eigenvalue weighted by Gasteiger charge is -2.30. The van der Waals surface area contributed by atoms with Crippen molar-refractivity contribution >= 4 is 52.5 Å². The summed E-state index contributed by atoms with van der Waals surface area (Å²) in [5.41, 5.74) is 2.89. The van der Waals surface area contributed by atoms with E-state index < -0.39 is 11.8 Å². The molecular formula is C19H15ClN2O3S. The molecule has 2 aromatic carbocycles. The van der Waals surface area contributed by atoms with Gasteiger partial charge in [0.1, 0.15) is 11.3 Å². The summed E-state index contributed by atoms with van der Waals surface area (Å²) < 4.78 is 0. The third-order valence-corrected chi connectivity index (χ3v) is 4.58. The molecule has 2 N–H and O–H groups in total. The molecule has 1 heterocycles. The van der Waals surface area contributed by atoms with Gasteiger partial charge in [0.25, 0.3) is 11.8 Å². The maximum atomic E-state index is 13.0. The van der Waals surface area contributed by atoms with E-state index in [-0.39, 0.29) is 21.5 Å². The minimum absolute atomic E-state index is 0.0367. The Balaban J connectivity index is 2.07. The third kappa shape index (κ3) is 3.34. The number of phenolic OH excluding ortho intramolecular Hbond substituents is 1. The first-order valence-electron chi connectivity index (χ1n) is 7.75. The van der Waals surface area contributed by atoms with E-state index in [2.05, 4.69) is 5.32 Å². The number of aryl methyl sites for hydroxylation is 2. The number of halogens is 1. The molecule has 1 aliphatic rings. The van der Waals surface area contributed by atoms with Crippen LogP contribution in [0, 0.1) is 13.8 Å². The molecule has 0 radical (unpaired) electrons. The van der Waals surface area contributed by atoms with Crippen LogP contribution in [-0.4, -0.2) is 22.0 Å². The van der Waals surface area contributed by atoms with Crippen LogP contribution in [0.1, 0.15) is 16.7 Å². The normalized spacial score (nSPS) is 16.2. The molecule has 7 heteroatoms. The SMILES string of the molecule is Cc1ccc(C)c(N2C(=O)/C(=C/c3ccc(O)c(Cl)c3)C(=O)NC2=S)c1. The number of thiocarbonyl (C=S) groups is 1. The van der Waals surface area contributed by atoms with Crippen LogP contribution in [0.2, 0.25) is 5.02 Å². The fourth-order valence-corrected chi connectivity index (χ4v) is 3.08. The lowest BCUT2D eigenvalue weighted by atomic mass is 10.0. The van der Waals surface area contributed by atoms with E-state index in [0.717, 1.165) is 11.1 Å². The highest BCUT2D eigenvalue weighted by atomic mass is 35.5. The number of anilines is 1. The molecule has 0 aliphatic carbocycles. The summed E-state index contributed by atoms with van der Waals surface area (Å²) in [4.78, 5) is 26.6. The van der Waals surface area contributed by atoms with Crippen LogP contribution in [-0.2, 0) is 9.59 Å². The zero-order chi connectivity index (χ0) is 19.0. The second kappa shape index (κ2) is 6.90. The van der Waals surface area contributed by atoms with Gasteiger partial charge in [-0.3, -0.25) is 19.8 Å². The van der Waals surface area contributed by atoms with E-state index in [4.69, 9.17) is 23.8 Å². The predicted molar refractivity (Wildman–Crippen MR) is 105 cm³/mol. The molecule has 0 atom stereocenters. The molecule has 3 rings (SSSR count). The highest BCUT2D eigenvalue weighted by Crippen LogP contribution is 2.28. The van der Waals surface area contributed by atoms with E-state index in [9.17, 15) is 14.7 Å². The average Bonchev–Trinajstić information content (AvgIpc) is 2.57. The quantitative estimate of drug-likeness (QED) is 0.471. The smallest absolute Gasteiger partial charge is 0.270 e. The van der Waals surface area contributed by atoms with Gasteiger partial charge in [0, 0.05) is 0 Å². The van der Waals surface area contributed by atoms with Crippen LogP contribution >= 0.6 is 23.8 Å². The van der Waals surface area contributed by atoms with Crippen molar-refractivity contribution in [2.75, 3.05) is 4.90 Å². The summed E-state index contributed by atoms with van der Waals surface area (Å²) >= 11 is 11.1. The van der Waals surface area contributed by atoms with Gasteiger partial charge in [-0.15, -0.1) is 0 Å². The van der Waals surface area contributed by atoms with Crippen LogP contribution < -0.4 is 10.2 Å². The van der Waals surface area contributed by atoms with Crippen LogP contribution in [0.15, 0.2) is 42.0 Å². The lowest BCUT2D eigenvalue weighted by Crippen LogP contribution is -2.54.